The van der Waals surface area contributed by atoms with Gasteiger partial charge in [-0.2, -0.15) is 5.10 Å². The van der Waals surface area contributed by atoms with Gasteiger partial charge in [-0.3, -0.25) is 4.79 Å². The number of carbonyl (C=O) groups is 1. The lowest BCUT2D eigenvalue weighted by atomic mass is 10.0. The zero-order chi connectivity index (χ0) is 28.6. The lowest BCUT2D eigenvalue weighted by Crippen LogP contribution is -2.36. The second-order valence-corrected chi connectivity index (χ2v) is 10.7. The maximum absolute atomic E-state index is 12.8. The van der Waals surface area contributed by atoms with E-state index in [1.54, 1.807) is 29.7 Å². The number of rotatable bonds is 9. The fraction of sp³-hybridized carbons (Fsp3) is 0.147. The number of aromatic nitrogens is 1. The molecule has 0 aliphatic carbocycles. The molecule has 2 heterocycles. The highest BCUT2D eigenvalue weighted by Crippen LogP contribution is 2.33. The minimum absolute atomic E-state index is 0.285. The molecule has 4 aromatic carbocycles. The summed E-state index contributed by atoms with van der Waals surface area (Å²) in [6.45, 7) is 3.37. The van der Waals surface area contributed by atoms with Crippen molar-refractivity contribution in [2.75, 3.05) is 31.2 Å². The van der Waals surface area contributed by atoms with E-state index < -0.39 is 0 Å². The fourth-order valence-corrected chi connectivity index (χ4v) is 5.69. The molecule has 0 spiro atoms. The Labute approximate surface area is 249 Å². The van der Waals surface area contributed by atoms with Crippen molar-refractivity contribution in [3.8, 4) is 28.1 Å². The van der Waals surface area contributed by atoms with Crippen LogP contribution in [0.1, 0.15) is 20.8 Å². The number of nitrogens with one attached hydrogen (secondary N) is 1. The van der Waals surface area contributed by atoms with Gasteiger partial charge in [0.15, 0.2) is 5.13 Å². The highest BCUT2D eigenvalue weighted by atomic mass is 32.1. The smallest absolute Gasteiger partial charge is 0.271 e. The first-order valence-corrected chi connectivity index (χ1v) is 14.6. The predicted octanol–water partition coefficient (Wildman–Crippen LogP) is 6.66. The molecule has 1 fully saturated rings. The van der Waals surface area contributed by atoms with Crippen LogP contribution in [0.5, 0.6) is 5.75 Å². The van der Waals surface area contributed by atoms with Gasteiger partial charge in [-0.25, -0.2) is 10.4 Å². The third-order valence-corrected chi connectivity index (χ3v) is 7.95. The normalized spacial score (nSPS) is 13.3. The second-order valence-electron chi connectivity index (χ2n) is 9.72. The molecular formula is C34H30N4O3S. The summed E-state index contributed by atoms with van der Waals surface area (Å²) in [5.41, 5.74) is 8.14. The maximum atomic E-state index is 12.8. The molecule has 210 valence electrons. The minimum atomic E-state index is -0.285. The van der Waals surface area contributed by atoms with Gasteiger partial charge in [0.2, 0.25) is 0 Å². The third-order valence-electron chi connectivity index (χ3n) is 6.90. The van der Waals surface area contributed by atoms with Gasteiger partial charge in [-0.1, -0.05) is 102 Å². The van der Waals surface area contributed by atoms with Crippen LogP contribution in [0.25, 0.3) is 22.4 Å². The highest BCUT2D eigenvalue weighted by molar-refractivity contribution is 7.17. The molecule has 1 N–H and O–H groups in total. The molecule has 1 aromatic heterocycles. The summed E-state index contributed by atoms with van der Waals surface area (Å²) in [4.78, 5) is 20.9. The van der Waals surface area contributed by atoms with Crippen LogP contribution in [-0.2, 0) is 11.3 Å². The van der Waals surface area contributed by atoms with Crippen molar-refractivity contribution in [3.05, 3.63) is 125 Å². The van der Waals surface area contributed by atoms with Crippen LogP contribution < -0.4 is 15.1 Å². The van der Waals surface area contributed by atoms with Crippen LogP contribution in [-0.4, -0.2) is 43.4 Å². The molecule has 5 aromatic rings. The molecule has 42 heavy (non-hydrogen) atoms. The van der Waals surface area contributed by atoms with Crippen LogP contribution in [0.15, 0.2) is 114 Å². The van der Waals surface area contributed by atoms with Crippen LogP contribution in [0, 0.1) is 0 Å². The van der Waals surface area contributed by atoms with Crippen molar-refractivity contribution in [2.24, 2.45) is 5.10 Å². The number of anilines is 1. The first kappa shape index (κ1) is 27.4. The zero-order valence-electron chi connectivity index (χ0n) is 23.0. The zero-order valence-corrected chi connectivity index (χ0v) is 23.8. The van der Waals surface area contributed by atoms with Crippen LogP contribution in [0.2, 0.25) is 0 Å². The number of nitrogens with zero attached hydrogens (tertiary/aromatic N) is 3. The Bertz CT molecular complexity index is 1650. The first-order chi connectivity index (χ1) is 20.7. The van der Waals surface area contributed by atoms with E-state index in [0.717, 1.165) is 56.8 Å². The summed E-state index contributed by atoms with van der Waals surface area (Å²) in [6, 6.07) is 35.5. The number of benzene rings is 4. The van der Waals surface area contributed by atoms with E-state index in [-0.39, 0.29) is 5.91 Å². The second kappa shape index (κ2) is 13.2. The van der Waals surface area contributed by atoms with Gasteiger partial charge >= 0.3 is 0 Å². The largest absolute Gasteiger partial charge is 0.488 e. The Balaban J connectivity index is 1.10. The monoisotopic (exact) mass is 574 g/mol. The molecule has 0 unspecified atom stereocenters. The van der Waals surface area contributed by atoms with Crippen molar-refractivity contribution in [1.29, 1.82) is 0 Å². The molecule has 6 rings (SSSR count). The van der Waals surface area contributed by atoms with E-state index in [2.05, 4.69) is 33.6 Å². The molecule has 1 saturated heterocycles. The maximum Gasteiger partial charge on any atom is 0.271 e. The average molecular weight is 575 g/mol. The SMILES string of the molecule is O=C(N/N=C/c1sc(N2CCOCC2)nc1-c1ccccc1)c1ccc(COc2ccccc2-c2ccccc2)cc1. The van der Waals surface area contributed by atoms with Gasteiger partial charge in [-0.05, 0) is 29.3 Å². The number of thiazole rings is 1. The molecule has 1 aliphatic heterocycles. The Morgan fingerprint density at radius 2 is 1.55 bits per heavy atom. The van der Waals surface area contributed by atoms with Gasteiger partial charge in [0, 0.05) is 29.8 Å². The molecule has 0 saturated carbocycles. The van der Waals surface area contributed by atoms with Crippen molar-refractivity contribution in [2.45, 2.75) is 6.61 Å². The van der Waals surface area contributed by atoms with Crippen LogP contribution in [0.4, 0.5) is 5.13 Å². The number of hydrazone groups is 1. The van der Waals surface area contributed by atoms with Crippen molar-refractivity contribution < 1.29 is 14.3 Å². The molecule has 8 heteroatoms. The molecule has 0 atom stereocenters. The van der Waals surface area contributed by atoms with Gasteiger partial charge in [-0.15, -0.1) is 0 Å². The Morgan fingerprint density at radius 1 is 0.881 bits per heavy atom. The molecule has 0 bridgehead atoms. The summed E-state index contributed by atoms with van der Waals surface area (Å²) in [6.07, 6.45) is 1.67. The van der Waals surface area contributed by atoms with E-state index in [0.29, 0.717) is 25.4 Å². The van der Waals surface area contributed by atoms with Gasteiger partial charge in [0.25, 0.3) is 5.91 Å². The Hall–Kier alpha value is -4.79. The average Bonchev–Trinajstić information content (AvgIpc) is 3.49. The number of hydrogen-bond acceptors (Lipinski definition) is 7. The van der Waals surface area contributed by atoms with Gasteiger partial charge in [0.1, 0.15) is 12.4 Å². The van der Waals surface area contributed by atoms with Crippen molar-refractivity contribution in [1.82, 2.24) is 10.4 Å². The number of amides is 1. The number of morpholine rings is 1. The van der Waals surface area contributed by atoms with E-state index in [1.165, 1.54) is 0 Å². The van der Waals surface area contributed by atoms with Crippen molar-refractivity contribution in [3.63, 3.8) is 0 Å². The minimum Gasteiger partial charge on any atom is -0.488 e. The van der Waals surface area contributed by atoms with E-state index in [9.17, 15) is 4.79 Å². The predicted molar refractivity (Wildman–Crippen MR) is 168 cm³/mol. The Kier molecular flexibility index (Phi) is 8.64. The Morgan fingerprint density at radius 3 is 2.29 bits per heavy atom. The summed E-state index contributed by atoms with van der Waals surface area (Å²) in [5.74, 6) is 0.530. The third kappa shape index (κ3) is 6.57. The van der Waals surface area contributed by atoms with Crippen LogP contribution >= 0.6 is 11.3 Å². The molecule has 1 amide bonds. The van der Waals surface area contributed by atoms with Crippen molar-refractivity contribution >= 4 is 28.6 Å². The summed E-state index contributed by atoms with van der Waals surface area (Å²) < 4.78 is 11.6. The summed E-state index contributed by atoms with van der Waals surface area (Å²) in [5, 5.41) is 5.20. The molecule has 0 radical (unpaired) electrons. The number of carbonyl (C=O) groups excluding carboxylic acids is 1. The topological polar surface area (TPSA) is 76.1 Å². The summed E-state index contributed by atoms with van der Waals surface area (Å²) >= 11 is 1.56. The number of para-hydroxylation sites is 1. The molecule has 1 aliphatic rings. The quantitative estimate of drug-likeness (QED) is 0.157. The van der Waals surface area contributed by atoms with E-state index in [4.69, 9.17) is 14.5 Å². The van der Waals surface area contributed by atoms with Crippen LogP contribution in [0.3, 0.4) is 0 Å². The van der Waals surface area contributed by atoms with E-state index in [1.807, 2.05) is 78.9 Å². The first-order valence-electron chi connectivity index (χ1n) is 13.8. The lowest BCUT2D eigenvalue weighted by Gasteiger charge is -2.26. The fourth-order valence-electron chi connectivity index (χ4n) is 4.68. The standard InChI is InChI=1S/C34H30N4O3S/c39-33(28-17-15-25(16-18-28)24-41-30-14-8-7-13-29(30)26-9-3-1-4-10-26)37-35-23-31-32(27-11-5-2-6-12-27)36-34(42-31)38-19-21-40-22-20-38/h1-18,23H,19-22,24H2,(H,37,39)/b35-23+. The highest BCUT2D eigenvalue weighted by Gasteiger charge is 2.19. The lowest BCUT2D eigenvalue weighted by molar-refractivity contribution is 0.0955. The van der Waals surface area contributed by atoms with Gasteiger partial charge < -0.3 is 14.4 Å². The molecule has 7 nitrogen and oxygen atoms in total. The molecular weight excluding hydrogens is 544 g/mol. The number of ether oxygens (including phenoxy) is 2. The van der Waals surface area contributed by atoms with Gasteiger partial charge in [0.05, 0.1) is 30.0 Å². The number of hydrogen-bond donors (Lipinski definition) is 1. The summed E-state index contributed by atoms with van der Waals surface area (Å²) in [7, 11) is 0. The van der Waals surface area contributed by atoms with E-state index >= 15 is 0 Å².